The van der Waals surface area contributed by atoms with E-state index >= 15 is 0 Å². The number of nitro groups is 1. The number of benzene rings is 1. The largest absolute Gasteiger partial charge is 0.392 e. The number of hydrogen-bond donors (Lipinski definition) is 2. The highest BCUT2D eigenvalue weighted by molar-refractivity contribution is 7.89. The summed E-state index contributed by atoms with van der Waals surface area (Å²) >= 11 is 0. The maximum atomic E-state index is 12.7. The highest BCUT2D eigenvalue weighted by Gasteiger charge is 2.30. The fourth-order valence-corrected chi connectivity index (χ4v) is 4.36. The molecule has 2 N–H and O–H groups in total. The molecule has 2 rings (SSSR count). The molecule has 1 saturated heterocycles. The van der Waals surface area contributed by atoms with Crippen molar-refractivity contribution in [3.63, 3.8) is 0 Å². The number of hydrogen-bond acceptors (Lipinski definition) is 6. The number of nitrogens with zero attached hydrogens (tertiary/aromatic N) is 2. The quantitative estimate of drug-likeness (QED) is 0.593. The van der Waals surface area contributed by atoms with Gasteiger partial charge in [-0.1, -0.05) is 6.92 Å². The normalized spacial score (nSPS) is 20.5. The zero-order valence-corrected chi connectivity index (χ0v) is 14.6. The van der Waals surface area contributed by atoms with Gasteiger partial charge in [0, 0.05) is 25.7 Å². The second kappa shape index (κ2) is 7.45. The Kier molecular flexibility index (Phi) is 5.79. The van der Waals surface area contributed by atoms with Crippen LogP contribution in [0.5, 0.6) is 0 Å². The van der Waals surface area contributed by atoms with Crippen molar-refractivity contribution in [2.24, 2.45) is 5.92 Å². The maximum Gasteiger partial charge on any atom is 0.293 e. The molecule has 0 radical (unpaired) electrons. The minimum absolute atomic E-state index is 0.0779. The summed E-state index contributed by atoms with van der Waals surface area (Å²) in [5.41, 5.74) is -0.131. The van der Waals surface area contributed by atoms with Crippen LogP contribution in [-0.4, -0.2) is 48.5 Å². The van der Waals surface area contributed by atoms with Gasteiger partial charge in [-0.25, -0.2) is 8.42 Å². The smallest absolute Gasteiger partial charge is 0.293 e. The minimum Gasteiger partial charge on any atom is -0.392 e. The minimum atomic E-state index is -3.75. The highest BCUT2D eigenvalue weighted by atomic mass is 32.2. The monoisotopic (exact) mass is 357 g/mol. The van der Waals surface area contributed by atoms with Crippen molar-refractivity contribution in [3.05, 3.63) is 28.3 Å². The first-order chi connectivity index (χ1) is 11.2. The number of rotatable bonds is 6. The fraction of sp³-hybridized carbons (Fsp3) is 0.600. The summed E-state index contributed by atoms with van der Waals surface area (Å²) in [6.45, 7) is 4.54. The Bertz CT molecular complexity index is 705. The van der Waals surface area contributed by atoms with Gasteiger partial charge in [-0.15, -0.1) is 0 Å². The summed E-state index contributed by atoms with van der Waals surface area (Å²) in [5.74, 6) is 0.274. The summed E-state index contributed by atoms with van der Waals surface area (Å²) in [7, 11) is -3.75. The lowest BCUT2D eigenvalue weighted by atomic mass is 10.0. The molecule has 8 nitrogen and oxygen atoms in total. The number of nitrogens with one attached hydrogen (secondary N) is 1. The Morgan fingerprint density at radius 2 is 2.21 bits per heavy atom. The molecule has 1 aromatic rings. The lowest BCUT2D eigenvalue weighted by Gasteiger charge is -2.30. The van der Waals surface area contributed by atoms with Crippen molar-refractivity contribution in [3.8, 4) is 0 Å². The Hall–Kier alpha value is -1.71. The molecule has 1 aromatic carbocycles. The van der Waals surface area contributed by atoms with Gasteiger partial charge >= 0.3 is 0 Å². The topological polar surface area (TPSA) is 113 Å². The number of aliphatic hydroxyl groups is 1. The van der Waals surface area contributed by atoms with Crippen LogP contribution in [0.2, 0.25) is 0 Å². The van der Waals surface area contributed by atoms with E-state index < -0.39 is 21.1 Å². The zero-order chi connectivity index (χ0) is 17.9. The van der Waals surface area contributed by atoms with E-state index in [0.29, 0.717) is 13.1 Å². The molecule has 0 spiro atoms. The van der Waals surface area contributed by atoms with Gasteiger partial charge in [-0.2, -0.15) is 4.31 Å². The molecule has 24 heavy (non-hydrogen) atoms. The van der Waals surface area contributed by atoms with Crippen LogP contribution in [0.4, 0.5) is 11.4 Å². The lowest BCUT2D eigenvalue weighted by molar-refractivity contribution is -0.384. The third kappa shape index (κ3) is 4.22. The molecule has 134 valence electrons. The van der Waals surface area contributed by atoms with Gasteiger partial charge in [-0.3, -0.25) is 10.1 Å². The first-order valence-electron chi connectivity index (χ1n) is 7.92. The standard InChI is InChI=1S/C15H23N3O5S/c1-11-4-3-7-17(10-11)24(22,23)13-5-6-14(16-9-12(2)19)15(8-13)18(20)21/h5-6,8,11-12,16,19H,3-4,7,9-10H2,1-2H3/t11-,12-/m1/s1. The third-order valence-electron chi connectivity index (χ3n) is 4.01. The summed E-state index contributed by atoms with van der Waals surface area (Å²) in [4.78, 5) is 10.6. The molecule has 1 aliphatic heterocycles. The average molecular weight is 357 g/mol. The van der Waals surface area contributed by atoms with Crippen LogP contribution in [-0.2, 0) is 10.0 Å². The van der Waals surface area contributed by atoms with E-state index in [0.717, 1.165) is 18.9 Å². The Balaban J connectivity index is 2.33. The van der Waals surface area contributed by atoms with E-state index in [1.807, 2.05) is 6.92 Å². The summed E-state index contributed by atoms with van der Waals surface area (Å²) < 4.78 is 26.8. The van der Waals surface area contributed by atoms with Gasteiger partial charge in [0.25, 0.3) is 5.69 Å². The van der Waals surface area contributed by atoms with Crippen LogP contribution in [0.25, 0.3) is 0 Å². The first kappa shape index (κ1) is 18.6. The molecule has 0 aliphatic carbocycles. The van der Waals surface area contributed by atoms with Crippen molar-refractivity contribution in [2.45, 2.75) is 37.7 Å². The molecule has 1 aliphatic rings. The molecule has 0 amide bonds. The Morgan fingerprint density at radius 1 is 1.50 bits per heavy atom. The molecule has 0 bridgehead atoms. The number of nitro benzene ring substituents is 1. The Morgan fingerprint density at radius 3 is 2.79 bits per heavy atom. The van der Waals surface area contributed by atoms with Gasteiger partial charge in [0.15, 0.2) is 0 Å². The van der Waals surface area contributed by atoms with E-state index in [1.165, 1.54) is 16.4 Å². The first-order valence-corrected chi connectivity index (χ1v) is 9.36. The van der Waals surface area contributed by atoms with Crippen molar-refractivity contribution in [1.82, 2.24) is 4.31 Å². The predicted octanol–water partition coefficient (Wildman–Crippen LogP) is 1.81. The molecular formula is C15H23N3O5S. The summed E-state index contributed by atoms with van der Waals surface area (Å²) in [5, 5.41) is 23.3. The van der Waals surface area contributed by atoms with Crippen molar-refractivity contribution >= 4 is 21.4 Å². The average Bonchev–Trinajstić information content (AvgIpc) is 2.52. The van der Waals surface area contributed by atoms with Crippen molar-refractivity contribution in [2.75, 3.05) is 25.0 Å². The van der Waals surface area contributed by atoms with Gasteiger partial charge in [-0.05, 0) is 37.8 Å². The van der Waals surface area contributed by atoms with Gasteiger partial charge in [0.1, 0.15) is 5.69 Å². The third-order valence-corrected chi connectivity index (χ3v) is 5.87. The predicted molar refractivity (Wildman–Crippen MR) is 90.4 cm³/mol. The SMILES string of the molecule is C[C@@H]1CCCN(S(=O)(=O)c2ccc(NC[C@@H](C)O)c([N+](=O)[O-])c2)C1. The molecular weight excluding hydrogens is 334 g/mol. The molecule has 1 heterocycles. The van der Waals surface area contributed by atoms with E-state index in [4.69, 9.17) is 0 Å². The lowest BCUT2D eigenvalue weighted by Crippen LogP contribution is -2.39. The van der Waals surface area contributed by atoms with Crippen LogP contribution < -0.4 is 5.32 Å². The highest BCUT2D eigenvalue weighted by Crippen LogP contribution is 2.30. The number of sulfonamides is 1. The van der Waals surface area contributed by atoms with Gasteiger partial charge in [0.2, 0.25) is 10.0 Å². The number of piperidine rings is 1. The molecule has 0 saturated carbocycles. The number of aliphatic hydroxyl groups excluding tert-OH is 1. The van der Waals surface area contributed by atoms with Crippen LogP contribution >= 0.6 is 0 Å². The van der Waals surface area contributed by atoms with Crippen molar-refractivity contribution in [1.29, 1.82) is 0 Å². The van der Waals surface area contributed by atoms with E-state index in [9.17, 15) is 23.6 Å². The second-order valence-electron chi connectivity index (χ2n) is 6.28. The molecule has 0 unspecified atom stereocenters. The summed E-state index contributed by atoms with van der Waals surface area (Å²) in [6, 6.07) is 3.83. The number of anilines is 1. The fourth-order valence-electron chi connectivity index (χ4n) is 2.74. The molecule has 1 fully saturated rings. The Labute approximate surface area is 141 Å². The molecule has 9 heteroatoms. The van der Waals surface area contributed by atoms with Crippen LogP contribution in [0, 0.1) is 16.0 Å². The van der Waals surface area contributed by atoms with Gasteiger partial charge < -0.3 is 10.4 Å². The summed E-state index contributed by atoms with van der Waals surface area (Å²) in [6.07, 6.45) is 1.09. The maximum absolute atomic E-state index is 12.7. The van der Waals surface area contributed by atoms with E-state index in [-0.39, 0.29) is 28.7 Å². The van der Waals surface area contributed by atoms with Gasteiger partial charge in [0.05, 0.1) is 15.9 Å². The van der Waals surface area contributed by atoms with Crippen molar-refractivity contribution < 1.29 is 18.4 Å². The van der Waals surface area contributed by atoms with Crippen LogP contribution in [0.3, 0.4) is 0 Å². The van der Waals surface area contributed by atoms with Crippen LogP contribution in [0.1, 0.15) is 26.7 Å². The van der Waals surface area contributed by atoms with E-state index in [2.05, 4.69) is 5.32 Å². The van der Waals surface area contributed by atoms with Crippen LogP contribution in [0.15, 0.2) is 23.1 Å². The molecule has 2 atom stereocenters. The zero-order valence-electron chi connectivity index (χ0n) is 13.8. The van der Waals surface area contributed by atoms with E-state index in [1.54, 1.807) is 6.92 Å². The second-order valence-corrected chi connectivity index (χ2v) is 8.21. The molecule has 0 aromatic heterocycles.